The summed E-state index contributed by atoms with van der Waals surface area (Å²) >= 11 is 0. The van der Waals surface area contributed by atoms with Crippen LogP contribution >= 0.6 is 0 Å². The number of carboxylic acid groups (broad SMARTS) is 1. The molecule has 1 heterocycles. The van der Waals surface area contributed by atoms with Gasteiger partial charge in [0.15, 0.2) is 0 Å². The number of hydrogen-bond acceptors (Lipinski definition) is 3. The zero-order valence-corrected chi connectivity index (χ0v) is 8.90. The largest absolute Gasteiger partial charge is 0.481 e. The summed E-state index contributed by atoms with van der Waals surface area (Å²) in [7, 11) is 1.81. The quantitative estimate of drug-likeness (QED) is 0.727. The van der Waals surface area contributed by atoms with Gasteiger partial charge in [0.05, 0.1) is 5.69 Å². The van der Waals surface area contributed by atoms with E-state index >= 15 is 0 Å². The molecule has 5 heteroatoms. The van der Waals surface area contributed by atoms with Crippen molar-refractivity contribution in [2.75, 3.05) is 0 Å². The van der Waals surface area contributed by atoms with Crippen LogP contribution < -0.4 is 5.73 Å². The predicted octanol–water partition coefficient (Wildman–Crippen LogP) is 0.172. The molecule has 0 radical (unpaired) electrons. The normalized spacial score (nSPS) is 29.9. The Balaban J connectivity index is 2.38. The van der Waals surface area contributed by atoms with Crippen molar-refractivity contribution >= 4 is 5.97 Å². The summed E-state index contributed by atoms with van der Waals surface area (Å²) in [6, 6.07) is 1.82. The summed E-state index contributed by atoms with van der Waals surface area (Å²) in [5.41, 5.74) is 6.43. The van der Waals surface area contributed by atoms with E-state index in [1.165, 1.54) is 0 Å². The lowest BCUT2D eigenvalue weighted by Crippen LogP contribution is -2.54. The molecule has 1 saturated carbocycles. The van der Waals surface area contributed by atoms with Crippen molar-refractivity contribution in [2.24, 2.45) is 12.8 Å². The molecule has 82 valence electrons. The number of carboxylic acids is 1. The number of nitrogens with zero attached hydrogens (tertiary/aromatic N) is 2. The van der Waals surface area contributed by atoms with Crippen LogP contribution in [0.3, 0.4) is 0 Å². The van der Waals surface area contributed by atoms with Gasteiger partial charge in [-0.25, -0.2) is 0 Å². The van der Waals surface area contributed by atoms with E-state index in [2.05, 4.69) is 5.10 Å². The predicted molar refractivity (Wildman–Crippen MR) is 54.5 cm³/mol. The third-order valence-electron chi connectivity index (χ3n) is 3.23. The van der Waals surface area contributed by atoms with E-state index in [0.29, 0.717) is 18.5 Å². The van der Waals surface area contributed by atoms with Gasteiger partial charge in [0, 0.05) is 18.8 Å². The highest BCUT2D eigenvalue weighted by Crippen LogP contribution is 2.42. The molecule has 3 N–H and O–H groups in total. The molecule has 0 amide bonds. The molecule has 5 nitrogen and oxygen atoms in total. The Morgan fingerprint density at radius 1 is 1.73 bits per heavy atom. The minimum atomic E-state index is -0.842. The molecule has 0 saturated heterocycles. The van der Waals surface area contributed by atoms with Crippen LogP contribution in [-0.4, -0.2) is 26.9 Å². The van der Waals surface area contributed by atoms with Crippen molar-refractivity contribution in [3.63, 3.8) is 0 Å². The Bertz CT molecular complexity index is 385. The Morgan fingerprint density at radius 3 is 2.67 bits per heavy atom. The summed E-state index contributed by atoms with van der Waals surface area (Å²) in [4.78, 5) is 11.3. The average molecular weight is 209 g/mol. The molecular weight excluding hydrogens is 194 g/mol. The van der Waals surface area contributed by atoms with Crippen molar-refractivity contribution in [3.05, 3.63) is 17.5 Å². The van der Waals surface area contributed by atoms with E-state index in [1.54, 1.807) is 4.68 Å². The molecule has 1 aliphatic rings. The van der Waals surface area contributed by atoms with Gasteiger partial charge in [0.1, 0.15) is 5.41 Å². The Hall–Kier alpha value is -1.36. The van der Waals surface area contributed by atoms with Crippen molar-refractivity contribution in [2.45, 2.75) is 31.2 Å². The number of aromatic nitrogens is 2. The molecule has 1 aromatic heterocycles. The Labute approximate surface area is 87.9 Å². The summed E-state index contributed by atoms with van der Waals surface area (Å²) < 4.78 is 1.70. The van der Waals surface area contributed by atoms with E-state index < -0.39 is 11.4 Å². The van der Waals surface area contributed by atoms with Crippen LogP contribution in [0.1, 0.15) is 24.2 Å². The maximum absolute atomic E-state index is 11.3. The summed E-state index contributed by atoms with van der Waals surface area (Å²) in [6.45, 7) is 1.91. The smallest absolute Gasteiger partial charge is 0.315 e. The lowest BCUT2D eigenvalue weighted by molar-refractivity contribution is -0.148. The molecule has 0 aromatic carbocycles. The SMILES string of the molecule is Cc1cc(C2(C(=O)O)CC(N)C2)nn1C. The van der Waals surface area contributed by atoms with Crippen LogP contribution in [0, 0.1) is 6.92 Å². The van der Waals surface area contributed by atoms with Gasteiger partial charge in [-0.3, -0.25) is 9.48 Å². The van der Waals surface area contributed by atoms with Gasteiger partial charge < -0.3 is 10.8 Å². The third-order valence-corrected chi connectivity index (χ3v) is 3.23. The van der Waals surface area contributed by atoms with Crippen molar-refractivity contribution in [3.8, 4) is 0 Å². The van der Waals surface area contributed by atoms with Crippen LogP contribution in [0.2, 0.25) is 0 Å². The highest BCUT2D eigenvalue weighted by atomic mass is 16.4. The zero-order chi connectivity index (χ0) is 11.2. The van der Waals surface area contributed by atoms with Gasteiger partial charge in [0.25, 0.3) is 0 Å². The molecule has 0 atom stereocenters. The second-order valence-electron chi connectivity index (χ2n) is 4.35. The topological polar surface area (TPSA) is 81.1 Å². The number of nitrogens with two attached hydrogens (primary N) is 1. The van der Waals surface area contributed by atoms with E-state index in [-0.39, 0.29) is 6.04 Å². The van der Waals surface area contributed by atoms with Crippen molar-refractivity contribution in [1.29, 1.82) is 0 Å². The van der Waals surface area contributed by atoms with E-state index in [1.807, 2.05) is 20.0 Å². The number of carbonyl (C=O) groups is 1. The molecule has 15 heavy (non-hydrogen) atoms. The first kappa shape index (κ1) is 10.2. The van der Waals surface area contributed by atoms with Gasteiger partial charge in [0.2, 0.25) is 0 Å². The molecule has 0 unspecified atom stereocenters. The maximum atomic E-state index is 11.3. The first-order valence-electron chi connectivity index (χ1n) is 4.96. The first-order valence-corrected chi connectivity index (χ1v) is 4.96. The highest BCUT2D eigenvalue weighted by Gasteiger charge is 2.52. The summed E-state index contributed by atoms with van der Waals surface area (Å²) in [6.07, 6.45) is 0.970. The van der Waals surface area contributed by atoms with Crippen LogP contribution in [0.4, 0.5) is 0 Å². The highest BCUT2D eigenvalue weighted by molar-refractivity contribution is 5.82. The van der Waals surface area contributed by atoms with Crippen LogP contribution in [-0.2, 0) is 17.3 Å². The maximum Gasteiger partial charge on any atom is 0.315 e. The number of aliphatic carboxylic acids is 1. The summed E-state index contributed by atoms with van der Waals surface area (Å²) in [5.74, 6) is -0.817. The van der Waals surface area contributed by atoms with Gasteiger partial charge in [-0.15, -0.1) is 0 Å². The fourth-order valence-electron chi connectivity index (χ4n) is 2.12. The lowest BCUT2D eigenvalue weighted by Gasteiger charge is -2.41. The zero-order valence-electron chi connectivity index (χ0n) is 8.90. The van der Waals surface area contributed by atoms with Gasteiger partial charge in [-0.2, -0.15) is 5.10 Å². The van der Waals surface area contributed by atoms with Crippen LogP contribution in [0.15, 0.2) is 6.07 Å². The molecule has 1 aromatic rings. The van der Waals surface area contributed by atoms with Gasteiger partial charge in [-0.05, 0) is 25.8 Å². The Kier molecular flexibility index (Phi) is 2.08. The van der Waals surface area contributed by atoms with Gasteiger partial charge >= 0.3 is 5.97 Å². The van der Waals surface area contributed by atoms with Gasteiger partial charge in [-0.1, -0.05) is 0 Å². The van der Waals surface area contributed by atoms with Crippen LogP contribution in [0.5, 0.6) is 0 Å². The van der Waals surface area contributed by atoms with E-state index in [4.69, 9.17) is 5.73 Å². The van der Waals surface area contributed by atoms with E-state index in [0.717, 1.165) is 5.69 Å². The summed E-state index contributed by atoms with van der Waals surface area (Å²) in [5, 5.41) is 13.5. The third kappa shape index (κ3) is 1.34. The lowest BCUT2D eigenvalue weighted by atomic mass is 9.64. The minimum Gasteiger partial charge on any atom is -0.481 e. The number of hydrogen-bond donors (Lipinski definition) is 2. The molecular formula is C10H15N3O2. The first-order chi connectivity index (χ1) is 6.95. The minimum absolute atomic E-state index is 0.0107. The fraction of sp³-hybridized carbons (Fsp3) is 0.600. The van der Waals surface area contributed by atoms with Crippen LogP contribution in [0.25, 0.3) is 0 Å². The molecule has 0 spiro atoms. The number of rotatable bonds is 2. The molecule has 1 fully saturated rings. The Morgan fingerprint density at radius 2 is 2.33 bits per heavy atom. The second kappa shape index (κ2) is 3.06. The number of aryl methyl sites for hydroxylation is 2. The molecule has 2 rings (SSSR count). The second-order valence-corrected chi connectivity index (χ2v) is 4.35. The standard InChI is InChI=1S/C10H15N3O2/c1-6-3-8(12-13(6)2)10(9(14)15)4-7(11)5-10/h3,7H,4-5,11H2,1-2H3,(H,14,15). The monoisotopic (exact) mass is 209 g/mol. The molecule has 0 bridgehead atoms. The fourth-order valence-corrected chi connectivity index (χ4v) is 2.12. The van der Waals surface area contributed by atoms with E-state index in [9.17, 15) is 9.90 Å². The van der Waals surface area contributed by atoms with Crippen molar-refractivity contribution < 1.29 is 9.90 Å². The van der Waals surface area contributed by atoms with Crippen molar-refractivity contribution in [1.82, 2.24) is 9.78 Å². The average Bonchev–Trinajstić information content (AvgIpc) is 2.40. The molecule has 1 aliphatic carbocycles. The molecule has 0 aliphatic heterocycles.